The van der Waals surface area contributed by atoms with Crippen LogP contribution >= 0.6 is 0 Å². The predicted octanol–water partition coefficient (Wildman–Crippen LogP) is 3.50. The van der Waals surface area contributed by atoms with Gasteiger partial charge in [0.05, 0.1) is 6.10 Å². The summed E-state index contributed by atoms with van der Waals surface area (Å²) in [5.41, 5.74) is -5.33. The van der Waals surface area contributed by atoms with E-state index in [1.807, 2.05) is 27.7 Å². The second kappa shape index (κ2) is 9.17. The zero-order chi connectivity index (χ0) is 30.4. The third-order valence-corrected chi connectivity index (χ3v) is 11.6. The Morgan fingerprint density at radius 2 is 1.65 bits per heavy atom. The number of carbonyl (C=O) groups excluding carboxylic acids is 4. The summed E-state index contributed by atoms with van der Waals surface area (Å²) in [6, 6.07) is 0. The molecule has 0 aromatic heterocycles. The molecule has 0 saturated heterocycles. The van der Waals surface area contributed by atoms with Crippen molar-refractivity contribution in [1.29, 1.82) is 0 Å². The highest BCUT2D eigenvalue weighted by Gasteiger charge is 2.74. The fraction of sp³-hybridized carbons (Fsp3) is 0.750. The van der Waals surface area contributed by atoms with Crippen LogP contribution in [0, 0.1) is 39.4 Å². The molecule has 0 heterocycles. The Bertz CT molecular complexity index is 1210. The SMILES string of the molecule is CC(=O)OC(C)(C)/C=C/C(=O)C(C)(O)[C@H]1[C@H](O)C[C@@]2(C)[C@@H]3CC=C4[C@@H](CC(=O)[C@H](O)C4(C)C)[C@]3(C)C(=O)C[C@]12C. The van der Waals surface area contributed by atoms with E-state index in [9.17, 15) is 34.5 Å². The zero-order valence-corrected chi connectivity index (χ0v) is 25.3. The number of hydrogen-bond donors (Lipinski definition) is 3. The van der Waals surface area contributed by atoms with Gasteiger partial charge in [-0.3, -0.25) is 19.2 Å². The van der Waals surface area contributed by atoms with Gasteiger partial charge in [0.25, 0.3) is 0 Å². The molecule has 3 saturated carbocycles. The topological polar surface area (TPSA) is 138 Å². The van der Waals surface area contributed by atoms with Gasteiger partial charge in [-0.1, -0.05) is 46.3 Å². The van der Waals surface area contributed by atoms with Crippen molar-refractivity contribution in [2.24, 2.45) is 39.4 Å². The summed E-state index contributed by atoms with van der Waals surface area (Å²) in [5, 5.41) is 33.9. The fourth-order valence-corrected chi connectivity index (χ4v) is 9.35. The Balaban J connectivity index is 1.75. The molecular weight excluding hydrogens is 512 g/mol. The molecule has 40 heavy (non-hydrogen) atoms. The van der Waals surface area contributed by atoms with Gasteiger partial charge >= 0.3 is 5.97 Å². The van der Waals surface area contributed by atoms with E-state index in [-0.39, 0.29) is 36.2 Å². The summed E-state index contributed by atoms with van der Waals surface area (Å²) >= 11 is 0. The summed E-state index contributed by atoms with van der Waals surface area (Å²) < 4.78 is 5.23. The van der Waals surface area contributed by atoms with E-state index in [1.165, 1.54) is 26.0 Å². The molecule has 4 aliphatic rings. The third kappa shape index (κ3) is 4.11. The lowest BCUT2D eigenvalue weighted by molar-refractivity contribution is -0.183. The molecule has 0 bridgehead atoms. The minimum atomic E-state index is -1.99. The number of aliphatic hydroxyl groups excluding tert-OH is 2. The zero-order valence-electron chi connectivity index (χ0n) is 25.3. The number of aliphatic hydroxyl groups is 3. The van der Waals surface area contributed by atoms with Gasteiger partial charge < -0.3 is 20.1 Å². The van der Waals surface area contributed by atoms with Crippen LogP contribution in [0.2, 0.25) is 0 Å². The lowest BCUT2D eigenvalue weighted by atomic mass is 9.38. The highest BCUT2D eigenvalue weighted by atomic mass is 16.6. The number of fused-ring (bicyclic) bond motifs is 5. The normalized spacial score (nSPS) is 42.4. The van der Waals surface area contributed by atoms with Gasteiger partial charge in [0.15, 0.2) is 11.6 Å². The number of Topliss-reactive ketones (excluding diaryl/α,β-unsaturated/α-hetero) is 2. The summed E-state index contributed by atoms with van der Waals surface area (Å²) in [7, 11) is 0. The fourth-order valence-electron chi connectivity index (χ4n) is 9.35. The first-order valence-corrected chi connectivity index (χ1v) is 14.4. The summed E-state index contributed by atoms with van der Waals surface area (Å²) in [5.74, 6) is -2.96. The smallest absolute Gasteiger partial charge is 0.303 e. The lowest BCUT2D eigenvalue weighted by Crippen LogP contribution is -2.65. The van der Waals surface area contributed by atoms with E-state index in [2.05, 4.69) is 13.0 Å². The van der Waals surface area contributed by atoms with Gasteiger partial charge in [0.1, 0.15) is 23.1 Å². The molecule has 4 aliphatic carbocycles. The average Bonchev–Trinajstić information content (AvgIpc) is 3.01. The average molecular weight is 559 g/mol. The number of rotatable bonds is 5. The van der Waals surface area contributed by atoms with Gasteiger partial charge in [-0.2, -0.15) is 0 Å². The van der Waals surface area contributed by atoms with Gasteiger partial charge in [-0.25, -0.2) is 0 Å². The van der Waals surface area contributed by atoms with E-state index in [0.29, 0.717) is 12.8 Å². The Labute approximate surface area is 237 Å². The van der Waals surface area contributed by atoms with Crippen molar-refractivity contribution >= 4 is 23.3 Å². The molecule has 0 spiro atoms. The van der Waals surface area contributed by atoms with Crippen molar-refractivity contribution in [3.63, 3.8) is 0 Å². The van der Waals surface area contributed by atoms with Gasteiger partial charge in [0.2, 0.25) is 0 Å². The van der Waals surface area contributed by atoms with Gasteiger partial charge in [-0.15, -0.1) is 0 Å². The monoisotopic (exact) mass is 558 g/mol. The molecule has 3 N–H and O–H groups in total. The van der Waals surface area contributed by atoms with Crippen molar-refractivity contribution in [1.82, 2.24) is 0 Å². The molecule has 0 aliphatic heterocycles. The van der Waals surface area contributed by atoms with Crippen LogP contribution in [-0.4, -0.2) is 62.0 Å². The van der Waals surface area contributed by atoms with E-state index >= 15 is 0 Å². The first kappa shape index (κ1) is 30.8. The molecule has 9 atom stereocenters. The Morgan fingerprint density at radius 1 is 1.05 bits per heavy atom. The number of ether oxygens (including phenoxy) is 1. The molecule has 1 unspecified atom stereocenters. The number of carbonyl (C=O) groups is 4. The molecule has 0 radical (unpaired) electrons. The predicted molar refractivity (Wildman–Crippen MR) is 148 cm³/mol. The first-order valence-electron chi connectivity index (χ1n) is 14.4. The quantitative estimate of drug-likeness (QED) is 0.265. The summed E-state index contributed by atoms with van der Waals surface area (Å²) in [6.45, 7) is 15.5. The Kier molecular flexibility index (Phi) is 7.06. The first-order chi connectivity index (χ1) is 18.1. The number of ketones is 3. The molecule has 4 rings (SSSR count). The van der Waals surface area contributed by atoms with E-state index in [0.717, 1.165) is 5.57 Å². The number of allylic oxidation sites excluding steroid dienone is 1. The third-order valence-electron chi connectivity index (χ3n) is 11.6. The second-order valence-electron chi connectivity index (χ2n) is 14.8. The minimum absolute atomic E-state index is 0.0399. The van der Waals surface area contributed by atoms with Crippen molar-refractivity contribution in [2.45, 2.75) is 111 Å². The second-order valence-corrected chi connectivity index (χ2v) is 14.8. The lowest BCUT2D eigenvalue weighted by Gasteiger charge is -2.64. The van der Waals surface area contributed by atoms with Crippen LogP contribution in [0.3, 0.4) is 0 Å². The van der Waals surface area contributed by atoms with Crippen LogP contribution < -0.4 is 0 Å². The van der Waals surface area contributed by atoms with Crippen molar-refractivity contribution in [3.05, 3.63) is 23.8 Å². The largest absolute Gasteiger partial charge is 0.456 e. The molecular formula is C32H46O8. The van der Waals surface area contributed by atoms with Crippen LogP contribution in [0.1, 0.15) is 88.0 Å². The highest BCUT2D eigenvalue weighted by Crippen LogP contribution is 2.74. The van der Waals surface area contributed by atoms with Crippen LogP contribution in [0.4, 0.5) is 0 Å². The number of esters is 1. The van der Waals surface area contributed by atoms with Crippen LogP contribution in [0.25, 0.3) is 0 Å². The van der Waals surface area contributed by atoms with E-state index < -0.39 is 62.7 Å². The van der Waals surface area contributed by atoms with Gasteiger partial charge in [0, 0.05) is 36.5 Å². The summed E-state index contributed by atoms with van der Waals surface area (Å²) in [6.07, 6.45) is 3.50. The molecule has 222 valence electrons. The summed E-state index contributed by atoms with van der Waals surface area (Å²) in [4.78, 5) is 52.1. The Morgan fingerprint density at radius 3 is 2.23 bits per heavy atom. The molecule has 8 heteroatoms. The van der Waals surface area contributed by atoms with Gasteiger partial charge in [-0.05, 0) is 68.4 Å². The number of hydrogen-bond acceptors (Lipinski definition) is 8. The standard InChI is InChI=1S/C32H46O8/c1-17(33)40-27(2,3)13-12-23(36)32(9,39)25-21(35)15-29(6)22-11-10-18-19(14-20(34)26(38)28(18,4)5)31(22,8)24(37)16-30(25,29)7/h10,12-13,19,21-22,25-26,35,38-39H,11,14-16H2,1-9H3/b13-12+/t19-,21-,22+,25+,26+,29+,30-,31+,32?/m1/s1. The highest BCUT2D eigenvalue weighted by molar-refractivity contribution is 5.97. The van der Waals surface area contributed by atoms with Crippen molar-refractivity contribution in [2.75, 3.05) is 0 Å². The maximum atomic E-state index is 14.3. The van der Waals surface area contributed by atoms with Crippen LogP contribution in [0.15, 0.2) is 23.8 Å². The van der Waals surface area contributed by atoms with Crippen LogP contribution in [-0.2, 0) is 23.9 Å². The molecule has 0 aromatic carbocycles. The van der Waals surface area contributed by atoms with E-state index in [4.69, 9.17) is 4.74 Å². The molecule has 0 amide bonds. The Hall–Kier alpha value is -2.16. The van der Waals surface area contributed by atoms with Crippen molar-refractivity contribution in [3.8, 4) is 0 Å². The van der Waals surface area contributed by atoms with Crippen LogP contribution in [0.5, 0.6) is 0 Å². The maximum absolute atomic E-state index is 14.3. The maximum Gasteiger partial charge on any atom is 0.303 e. The molecule has 0 aromatic rings. The van der Waals surface area contributed by atoms with Crippen molar-refractivity contribution < 1.29 is 39.2 Å². The molecule has 8 nitrogen and oxygen atoms in total. The minimum Gasteiger partial charge on any atom is -0.456 e. The van der Waals surface area contributed by atoms with E-state index in [1.54, 1.807) is 13.8 Å². The molecule has 3 fully saturated rings.